The highest BCUT2D eigenvalue weighted by molar-refractivity contribution is 6.28. The van der Waals surface area contributed by atoms with Gasteiger partial charge in [-0.1, -0.05) is 54.6 Å². The Morgan fingerprint density at radius 2 is 0.923 bits per heavy atom. The lowest BCUT2D eigenvalue weighted by Gasteiger charge is -2.14. The molecule has 0 spiro atoms. The summed E-state index contributed by atoms with van der Waals surface area (Å²) in [5, 5.41) is 24.8. The molecule has 5 aromatic carbocycles. The van der Waals surface area contributed by atoms with E-state index in [0.29, 0.717) is 11.1 Å². The summed E-state index contributed by atoms with van der Waals surface area (Å²) >= 11 is 0. The zero-order valence-corrected chi connectivity index (χ0v) is 22.3. The molecular weight excluding hydrogens is 474 g/mol. The van der Waals surface area contributed by atoms with Crippen molar-refractivity contribution >= 4 is 38.1 Å². The first kappa shape index (κ1) is 23.0. The topological polar surface area (TPSA) is 52.0 Å². The first-order chi connectivity index (χ1) is 18.9. The number of rotatable bonds is 2. The number of aryl methyl sites for hydroxylation is 4. The number of para-hydroxylation sites is 1. The molecule has 3 nitrogen and oxygen atoms in total. The van der Waals surface area contributed by atoms with Gasteiger partial charge in [-0.25, -0.2) is 0 Å². The predicted octanol–water partition coefficient (Wildman–Crippen LogP) is 9.15. The molecule has 0 amide bonds. The molecule has 0 aliphatic heterocycles. The number of nitriles is 2. The van der Waals surface area contributed by atoms with E-state index >= 15 is 0 Å². The average molecular weight is 500 g/mol. The number of fused-ring (bicyclic) bond motifs is 6. The van der Waals surface area contributed by atoms with E-state index in [2.05, 4.69) is 98.8 Å². The molecule has 0 radical (unpaired) electrons. The molecule has 0 aliphatic carbocycles. The molecule has 0 atom stereocenters. The smallest absolute Gasteiger partial charge is 0.0992 e. The van der Waals surface area contributed by atoms with Crippen LogP contribution in [-0.2, 0) is 0 Å². The third-order valence-corrected chi connectivity index (χ3v) is 8.27. The van der Waals surface area contributed by atoms with Crippen molar-refractivity contribution in [2.75, 3.05) is 0 Å². The van der Waals surface area contributed by atoms with Crippen molar-refractivity contribution < 1.29 is 0 Å². The lowest BCUT2D eigenvalue weighted by molar-refractivity contribution is 1.35. The van der Waals surface area contributed by atoms with Crippen LogP contribution in [0.15, 0.2) is 78.9 Å². The number of benzene rings is 5. The van der Waals surface area contributed by atoms with E-state index in [4.69, 9.17) is 0 Å². The van der Waals surface area contributed by atoms with Crippen molar-refractivity contribution in [3.63, 3.8) is 0 Å². The van der Waals surface area contributed by atoms with Crippen LogP contribution in [0.1, 0.15) is 33.4 Å². The minimum absolute atomic E-state index is 0.626. The molecule has 2 heterocycles. The fourth-order valence-electron chi connectivity index (χ4n) is 6.73. The van der Waals surface area contributed by atoms with Crippen molar-refractivity contribution in [1.29, 1.82) is 10.5 Å². The lowest BCUT2D eigenvalue weighted by Crippen LogP contribution is -1.93. The highest BCUT2D eigenvalue weighted by Gasteiger charge is 2.24. The van der Waals surface area contributed by atoms with Crippen LogP contribution in [0.2, 0.25) is 0 Å². The highest BCUT2D eigenvalue weighted by atomic mass is 14.9. The van der Waals surface area contributed by atoms with Gasteiger partial charge in [0.05, 0.1) is 39.8 Å². The molecule has 3 heteroatoms. The highest BCUT2D eigenvalue weighted by Crippen LogP contribution is 2.47. The molecule has 0 aliphatic rings. The van der Waals surface area contributed by atoms with Crippen molar-refractivity contribution in [3.05, 3.63) is 112 Å². The Labute approximate surface area is 227 Å². The molecule has 0 saturated heterocycles. The standard InChI is InChI=1S/C36H25N3/c1-20-8-5-9-21(2)32(20)28-14-24(18-37)16-30-34(28)26-12-7-13-27-35-29(33-22(3)10-6-11-23(33)4)15-25(19-38)17-31(35)39(30)36(26)27/h5-17H,1-4H3. The van der Waals surface area contributed by atoms with Crippen molar-refractivity contribution in [2.24, 2.45) is 0 Å². The maximum Gasteiger partial charge on any atom is 0.0992 e. The third kappa shape index (κ3) is 3.08. The molecule has 0 N–H and O–H groups in total. The Bertz CT molecular complexity index is 2040. The van der Waals surface area contributed by atoms with Crippen LogP contribution >= 0.6 is 0 Å². The van der Waals surface area contributed by atoms with Gasteiger partial charge in [-0.05, 0) is 96.5 Å². The number of aromatic nitrogens is 1. The fourth-order valence-corrected chi connectivity index (χ4v) is 6.73. The van der Waals surface area contributed by atoms with Gasteiger partial charge in [0, 0.05) is 21.5 Å². The zero-order valence-electron chi connectivity index (χ0n) is 22.3. The van der Waals surface area contributed by atoms with E-state index in [-0.39, 0.29) is 0 Å². The van der Waals surface area contributed by atoms with Crippen LogP contribution in [0.3, 0.4) is 0 Å². The van der Waals surface area contributed by atoms with Gasteiger partial charge in [-0.2, -0.15) is 10.5 Å². The van der Waals surface area contributed by atoms with Gasteiger partial charge in [-0.3, -0.25) is 0 Å². The quantitative estimate of drug-likeness (QED) is 0.238. The first-order valence-corrected chi connectivity index (χ1v) is 13.2. The van der Waals surface area contributed by atoms with Gasteiger partial charge < -0.3 is 4.40 Å². The third-order valence-electron chi connectivity index (χ3n) is 8.27. The molecule has 0 unspecified atom stereocenters. The first-order valence-electron chi connectivity index (χ1n) is 13.2. The Balaban J connectivity index is 1.76. The molecule has 39 heavy (non-hydrogen) atoms. The van der Waals surface area contributed by atoms with E-state index in [0.717, 1.165) is 49.2 Å². The van der Waals surface area contributed by atoms with Crippen LogP contribution in [0.4, 0.5) is 0 Å². The van der Waals surface area contributed by atoms with Crippen molar-refractivity contribution in [2.45, 2.75) is 27.7 Å². The van der Waals surface area contributed by atoms with Gasteiger partial charge in [-0.15, -0.1) is 0 Å². The van der Waals surface area contributed by atoms with E-state index in [1.165, 1.54) is 33.4 Å². The number of nitrogens with zero attached hydrogens (tertiary/aromatic N) is 3. The normalized spacial score (nSPS) is 11.5. The Morgan fingerprint density at radius 3 is 1.31 bits per heavy atom. The van der Waals surface area contributed by atoms with Gasteiger partial charge in [0.25, 0.3) is 0 Å². The predicted molar refractivity (Wildman–Crippen MR) is 160 cm³/mol. The van der Waals surface area contributed by atoms with Crippen LogP contribution in [0.25, 0.3) is 60.3 Å². The summed E-state index contributed by atoms with van der Waals surface area (Å²) in [5.74, 6) is 0. The van der Waals surface area contributed by atoms with Gasteiger partial charge in [0.15, 0.2) is 0 Å². The molecule has 0 fully saturated rings. The second-order valence-electron chi connectivity index (χ2n) is 10.6. The maximum absolute atomic E-state index is 10.1. The van der Waals surface area contributed by atoms with E-state index < -0.39 is 0 Å². The summed E-state index contributed by atoms with van der Waals surface area (Å²) in [6, 6.07) is 32.1. The van der Waals surface area contributed by atoms with E-state index in [1.54, 1.807) is 0 Å². The van der Waals surface area contributed by atoms with Gasteiger partial charge in [0.2, 0.25) is 0 Å². The molecule has 2 aromatic heterocycles. The van der Waals surface area contributed by atoms with Crippen LogP contribution in [-0.4, -0.2) is 4.40 Å². The zero-order chi connectivity index (χ0) is 27.0. The lowest BCUT2D eigenvalue weighted by atomic mass is 9.89. The monoisotopic (exact) mass is 499 g/mol. The van der Waals surface area contributed by atoms with Crippen molar-refractivity contribution in [3.8, 4) is 34.4 Å². The second kappa shape index (κ2) is 8.19. The minimum Gasteiger partial charge on any atom is -0.308 e. The largest absolute Gasteiger partial charge is 0.308 e. The second-order valence-corrected chi connectivity index (χ2v) is 10.6. The summed E-state index contributed by atoms with van der Waals surface area (Å²) in [6.45, 7) is 8.54. The SMILES string of the molecule is Cc1cccc(C)c1-c1cc(C#N)cc2c1c1cccc3c4c(-c5c(C)cccc5C)cc(C#N)cc4n2c13. The number of hydrogen-bond donors (Lipinski definition) is 0. The molecule has 7 aromatic rings. The maximum atomic E-state index is 10.1. The minimum atomic E-state index is 0.626. The molecule has 0 bridgehead atoms. The summed E-state index contributed by atoms with van der Waals surface area (Å²) in [6.07, 6.45) is 0. The Kier molecular flexibility index (Phi) is 4.84. The van der Waals surface area contributed by atoms with E-state index in [1.807, 2.05) is 24.3 Å². The van der Waals surface area contributed by atoms with Crippen LogP contribution < -0.4 is 0 Å². The molecule has 0 saturated carbocycles. The fraction of sp³-hybridized carbons (Fsp3) is 0.111. The molecule has 7 rings (SSSR count). The Hall–Kier alpha value is -5.12. The van der Waals surface area contributed by atoms with Crippen LogP contribution in [0, 0.1) is 50.4 Å². The van der Waals surface area contributed by atoms with E-state index in [9.17, 15) is 10.5 Å². The summed E-state index contributed by atoms with van der Waals surface area (Å²) in [7, 11) is 0. The molecule has 184 valence electrons. The average Bonchev–Trinajstić information content (AvgIpc) is 3.45. The van der Waals surface area contributed by atoms with Gasteiger partial charge >= 0.3 is 0 Å². The summed E-state index contributed by atoms with van der Waals surface area (Å²) < 4.78 is 2.28. The van der Waals surface area contributed by atoms with Crippen LogP contribution in [0.5, 0.6) is 0 Å². The van der Waals surface area contributed by atoms with Gasteiger partial charge in [0.1, 0.15) is 0 Å². The Morgan fingerprint density at radius 1 is 0.538 bits per heavy atom. The summed E-state index contributed by atoms with van der Waals surface area (Å²) in [4.78, 5) is 0. The summed E-state index contributed by atoms with van der Waals surface area (Å²) in [5.41, 5.74) is 13.6. The molecular formula is C36H25N3. The number of hydrogen-bond acceptors (Lipinski definition) is 2. The van der Waals surface area contributed by atoms with Crippen molar-refractivity contribution in [1.82, 2.24) is 4.40 Å².